The fourth-order valence-corrected chi connectivity index (χ4v) is 4.27. The summed E-state index contributed by atoms with van der Waals surface area (Å²) in [4.78, 5) is 52.1. The van der Waals surface area contributed by atoms with Gasteiger partial charge in [0.1, 0.15) is 18.8 Å². The Balaban J connectivity index is 1.58. The summed E-state index contributed by atoms with van der Waals surface area (Å²) in [5.74, 6) is -0.633. The normalized spacial score (nSPS) is 10.8. The molecule has 4 rings (SSSR count). The number of amides is 2. The number of halogens is 1. The van der Waals surface area contributed by atoms with Crippen LogP contribution in [-0.4, -0.2) is 34.6 Å². The van der Waals surface area contributed by atoms with Crippen LogP contribution in [0.4, 0.5) is 5.69 Å². The number of ether oxygens (including phenoxy) is 1. The molecule has 0 radical (unpaired) electrons. The van der Waals surface area contributed by atoms with Crippen molar-refractivity contribution in [1.29, 1.82) is 0 Å². The molecule has 3 aromatic carbocycles. The molecular formula is C28H27ClN4O5. The Morgan fingerprint density at radius 1 is 0.921 bits per heavy atom. The number of anilines is 1. The van der Waals surface area contributed by atoms with Crippen LogP contribution in [0, 0.1) is 6.92 Å². The molecule has 2 amide bonds. The second-order valence-electron chi connectivity index (χ2n) is 8.71. The smallest absolute Gasteiger partial charge is 0.332 e. The number of methoxy groups -OCH3 is 1. The summed E-state index contributed by atoms with van der Waals surface area (Å²) in [7, 11) is 1.45. The van der Waals surface area contributed by atoms with Gasteiger partial charge in [-0.2, -0.15) is 0 Å². The first-order valence-corrected chi connectivity index (χ1v) is 12.3. The summed E-state index contributed by atoms with van der Waals surface area (Å²) in [5.41, 5.74) is 1.10. The highest BCUT2D eigenvalue weighted by atomic mass is 35.5. The fraction of sp³-hybridized carbons (Fsp3) is 0.214. The molecule has 0 saturated heterocycles. The predicted molar refractivity (Wildman–Crippen MR) is 147 cm³/mol. The van der Waals surface area contributed by atoms with E-state index in [2.05, 4.69) is 10.6 Å². The van der Waals surface area contributed by atoms with Crippen molar-refractivity contribution in [1.82, 2.24) is 14.5 Å². The van der Waals surface area contributed by atoms with E-state index in [-0.39, 0.29) is 17.4 Å². The average Bonchev–Trinajstić information content (AvgIpc) is 2.91. The van der Waals surface area contributed by atoms with Gasteiger partial charge in [-0.3, -0.25) is 23.5 Å². The monoisotopic (exact) mass is 534 g/mol. The molecule has 0 bridgehead atoms. The molecule has 2 N–H and O–H groups in total. The van der Waals surface area contributed by atoms with Crippen molar-refractivity contribution in [2.45, 2.75) is 26.4 Å². The molecule has 196 valence electrons. The first-order chi connectivity index (χ1) is 18.3. The van der Waals surface area contributed by atoms with Crippen LogP contribution in [0.3, 0.4) is 0 Å². The van der Waals surface area contributed by atoms with Gasteiger partial charge in [-0.15, -0.1) is 0 Å². The molecule has 0 atom stereocenters. The van der Waals surface area contributed by atoms with Crippen LogP contribution in [0.5, 0.6) is 5.75 Å². The van der Waals surface area contributed by atoms with E-state index in [0.717, 1.165) is 15.7 Å². The molecule has 1 heterocycles. The van der Waals surface area contributed by atoms with Gasteiger partial charge in [0, 0.05) is 17.6 Å². The van der Waals surface area contributed by atoms with Crippen LogP contribution in [0.1, 0.15) is 11.1 Å². The lowest BCUT2D eigenvalue weighted by molar-refractivity contribution is -0.121. The number of carbonyl (C=O) groups excluding carboxylic acids is 2. The van der Waals surface area contributed by atoms with E-state index in [4.69, 9.17) is 16.3 Å². The SMILES string of the molecule is COc1cc(Cl)c(C)cc1NC(=O)Cn1c(=O)n(CC(=O)NCCc2ccccc2)c(=O)c2ccccc21. The third-order valence-electron chi connectivity index (χ3n) is 6.07. The number of carbonyl (C=O) groups is 2. The van der Waals surface area contributed by atoms with Crippen LogP contribution in [-0.2, 0) is 29.1 Å². The zero-order valence-electron chi connectivity index (χ0n) is 21.0. The predicted octanol–water partition coefficient (Wildman–Crippen LogP) is 3.13. The van der Waals surface area contributed by atoms with Crippen LogP contribution < -0.4 is 26.6 Å². The van der Waals surface area contributed by atoms with E-state index < -0.39 is 29.6 Å². The second kappa shape index (κ2) is 11.8. The highest BCUT2D eigenvalue weighted by Crippen LogP contribution is 2.30. The summed E-state index contributed by atoms with van der Waals surface area (Å²) in [5, 5.41) is 6.19. The van der Waals surface area contributed by atoms with Crippen molar-refractivity contribution in [3.63, 3.8) is 0 Å². The fourth-order valence-electron chi connectivity index (χ4n) is 4.12. The molecule has 0 aliphatic rings. The van der Waals surface area contributed by atoms with E-state index >= 15 is 0 Å². The van der Waals surface area contributed by atoms with Crippen LogP contribution >= 0.6 is 11.6 Å². The number of benzene rings is 3. The van der Waals surface area contributed by atoms with Crippen molar-refractivity contribution < 1.29 is 14.3 Å². The van der Waals surface area contributed by atoms with Crippen LogP contribution in [0.15, 0.2) is 76.3 Å². The standard InChI is InChI=1S/C28H27ClN4O5/c1-18-14-22(24(38-2)15-21(18)29)31-26(35)17-32-23-11-7-6-10-20(23)27(36)33(28(32)37)16-25(34)30-13-12-19-8-4-3-5-9-19/h3-11,14-15H,12-13,16-17H2,1-2H3,(H,30,34)(H,31,35). The number of aromatic nitrogens is 2. The Kier molecular flexibility index (Phi) is 8.28. The highest BCUT2D eigenvalue weighted by molar-refractivity contribution is 6.31. The largest absolute Gasteiger partial charge is 0.495 e. The first-order valence-electron chi connectivity index (χ1n) is 12.0. The van der Waals surface area contributed by atoms with Crippen LogP contribution in [0.25, 0.3) is 10.9 Å². The van der Waals surface area contributed by atoms with Crippen molar-refractivity contribution in [3.05, 3.63) is 104 Å². The first kappa shape index (κ1) is 26.7. The molecule has 1 aromatic heterocycles. The third-order valence-corrected chi connectivity index (χ3v) is 6.48. The summed E-state index contributed by atoms with van der Waals surface area (Å²) in [6.07, 6.45) is 0.608. The second-order valence-corrected chi connectivity index (χ2v) is 9.12. The highest BCUT2D eigenvalue weighted by Gasteiger charge is 2.18. The molecule has 0 spiro atoms. The van der Waals surface area contributed by atoms with Crippen LogP contribution in [0.2, 0.25) is 5.02 Å². The maximum absolute atomic E-state index is 13.4. The minimum Gasteiger partial charge on any atom is -0.495 e. The molecule has 0 unspecified atom stereocenters. The van der Waals surface area contributed by atoms with Crippen molar-refractivity contribution >= 4 is 40.0 Å². The molecular weight excluding hydrogens is 508 g/mol. The van der Waals surface area contributed by atoms with E-state index in [1.807, 2.05) is 30.3 Å². The summed E-state index contributed by atoms with van der Waals surface area (Å²) >= 11 is 6.15. The lowest BCUT2D eigenvalue weighted by Crippen LogP contribution is -2.45. The number of hydrogen-bond donors (Lipinski definition) is 2. The van der Waals surface area contributed by atoms with Gasteiger partial charge in [-0.1, -0.05) is 54.1 Å². The lowest BCUT2D eigenvalue weighted by Gasteiger charge is -2.15. The molecule has 38 heavy (non-hydrogen) atoms. The molecule has 0 saturated carbocycles. The Morgan fingerprint density at radius 2 is 1.61 bits per heavy atom. The Bertz CT molecular complexity index is 1610. The number of aryl methyl sites for hydroxylation is 1. The Labute approximate surface area is 223 Å². The molecule has 10 heteroatoms. The number of rotatable bonds is 9. The van der Waals surface area contributed by atoms with Crippen molar-refractivity contribution in [2.24, 2.45) is 0 Å². The summed E-state index contributed by atoms with van der Waals surface area (Å²) in [6.45, 7) is 1.28. The summed E-state index contributed by atoms with van der Waals surface area (Å²) in [6, 6.07) is 19.4. The van der Waals surface area contributed by atoms with Gasteiger partial charge >= 0.3 is 5.69 Å². The molecule has 4 aromatic rings. The molecule has 0 fully saturated rings. The van der Waals surface area contributed by atoms with Gasteiger partial charge in [-0.25, -0.2) is 4.79 Å². The minimum atomic E-state index is -0.763. The topological polar surface area (TPSA) is 111 Å². The molecule has 0 aliphatic carbocycles. The number of hydrogen-bond acceptors (Lipinski definition) is 5. The number of nitrogens with one attached hydrogen (secondary N) is 2. The minimum absolute atomic E-state index is 0.219. The number of nitrogens with zero attached hydrogens (tertiary/aromatic N) is 2. The lowest BCUT2D eigenvalue weighted by atomic mass is 10.1. The number of fused-ring (bicyclic) bond motifs is 1. The van der Waals surface area contributed by atoms with Gasteiger partial charge in [0.2, 0.25) is 11.8 Å². The van der Waals surface area contributed by atoms with Crippen molar-refractivity contribution in [3.8, 4) is 5.75 Å². The van der Waals surface area contributed by atoms with Crippen molar-refractivity contribution in [2.75, 3.05) is 19.0 Å². The van der Waals surface area contributed by atoms with Gasteiger partial charge in [0.15, 0.2) is 0 Å². The Hall–Kier alpha value is -4.37. The maximum Gasteiger partial charge on any atom is 0.332 e. The van der Waals surface area contributed by atoms with E-state index in [9.17, 15) is 19.2 Å². The maximum atomic E-state index is 13.4. The molecule has 9 nitrogen and oxygen atoms in total. The van der Waals surface area contributed by atoms with E-state index in [1.54, 1.807) is 43.3 Å². The Morgan fingerprint density at radius 3 is 2.34 bits per heavy atom. The third kappa shape index (κ3) is 5.95. The van der Waals surface area contributed by atoms with Gasteiger partial charge < -0.3 is 15.4 Å². The zero-order valence-corrected chi connectivity index (χ0v) is 21.7. The summed E-state index contributed by atoms with van der Waals surface area (Å²) < 4.78 is 7.33. The van der Waals surface area contributed by atoms with Gasteiger partial charge in [0.25, 0.3) is 5.56 Å². The van der Waals surface area contributed by atoms with E-state index in [0.29, 0.717) is 29.4 Å². The molecule has 0 aliphatic heterocycles. The number of para-hydroxylation sites is 1. The van der Waals surface area contributed by atoms with Gasteiger partial charge in [0.05, 0.1) is 23.7 Å². The zero-order chi connectivity index (χ0) is 27.2. The van der Waals surface area contributed by atoms with E-state index in [1.165, 1.54) is 11.7 Å². The van der Waals surface area contributed by atoms with Gasteiger partial charge in [-0.05, 0) is 42.7 Å². The average molecular weight is 535 g/mol. The quantitative estimate of drug-likeness (QED) is 0.343.